The fraction of sp³-hybridized carbons (Fsp3) is 0.308. The van der Waals surface area contributed by atoms with Gasteiger partial charge in [-0.05, 0) is 35.7 Å². The van der Waals surface area contributed by atoms with Crippen LogP contribution in [0.3, 0.4) is 0 Å². The van der Waals surface area contributed by atoms with E-state index in [1.165, 1.54) is 4.90 Å². The average Bonchev–Trinajstić information content (AvgIpc) is 3.12. The second kappa shape index (κ2) is 6.05. The van der Waals surface area contributed by atoms with Crippen molar-refractivity contribution in [2.45, 2.75) is 6.42 Å². The summed E-state index contributed by atoms with van der Waals surface area (Å²) in [6.45, 7) is 0.678. The number of carbonyl (C=O) groups excluding carboxylic acids is 1. The fourth-order valence-corrected chi connectivity index (χ4v) is 2.40. The number of carbonyl (C=O) groups is 1. The van der Waals surface area contributed by atoms with Crippen molar-refractivity contribution in [1.82, 2.24) is 10.2 Å². The lowest BCUT2D eigenvalue weighted by Crippen LogP contribution is -2.25. The zero-order valence-corrected chi connectivity index (χ0v) is 12.1. The molecule has 1 atom stereocenters. The lowest BCUT2D eigenvalue weighted by Gasteiger charge is -2.09. The van der Waals surface area contributed by atoms with Crippen molar-refractivity contribution in [3.63, 3.8) is 0 Å². The van der Waals surface area contributed by atoms with Crippen LogP contribution in [0.4, 0.5) is 6.01 Å². The summed E-state index contributed by atoms with van der Waals surface area (Å²) in [5.74, 6) is 0.164. The van der Waals surface area contributed by atoms with E-state index in [9.17, 15) is 4.79 Å². The molecule has 0 aliphatic carbocycles. The summed E-state index contributed by atoms with van der Waals surface area (Å²) < 4.78 is 5.55. The van der Waals surface area contributed by atoms with E-state index in [4.69, 9.17) is 21.5 Å². The molecule has 0 N–H and O–H groups in total. The van der Waals surface area contributed by atoms with Gasteiger partial charge < -0.3 is 4.42 Å². The Balaban J connectivity index is 1.77. The zero-order chi connectivity index (χ0) is 15.5. The second-order valence-electron chi connectivity index (χ2n) is 4.88. The van der Waals surface area contributed by atoms with E-state index in [0.29, 0.717) is 23.9 Å². The number of rotatable bonds is 4. The van der Waals surface area contributed by atoms with E-state index in [-0.39, 0.29) is 24.4 Å². The monoisotopic (exact) mass is 318 g/mol. The van der Waals surface area contributed by atoms with Gasteiger partial charge in [-0.25, -0.2) is 0 Å². The number of hydrogen-bond donors (Lipinski definition) is 0. The molecule has 3 rings (SSSR count). The molecule has 0 spiro atoms. The first-order valence-electron chi connectivity index (χ1n) is 6.58. The lowest BCUT2D eigenvalue weighted by atomic mass is 10.1. The van der Waals surface area contributed by atoms with Gasteiger partial charge in [-0.2, -0.15) is 0 Å². The molecule has 1 aromatic carbocycles. The Hall–Kier alpha value is -2.57. The number of azide groups is 1. The topological polar surface area (TPSA) is 108 Å². The zero-order valence-electron chi connectivity index (χ0n) is 11.4. The maximum absolute atomic E-state index is 12.0. The van der Waals surface area contributed by atoms with Gasteiger partial charge in [0.2, 0.25) is 11.8 Å². The molecule has 112 valence electrons. The predicted octanol–water partition coefficient (Wildman–Crippen LogP) is 3.05. The minimum atomic E-state index is -0.121. The number of hydrogen-bond acceptors (Lipinski definition) is 5. The van der Waals surface area contributed by atoms with Gasteiger partial charge in [0.25, 0.3) is 0 Å². The van der Waals surface area contributed by atoms with Crippen LogP contribution >= 0.6 is 11.6 Å². The van der Waals surface area contributed by atoms with Crippen molar-refractivity contribution in [2.24, 2.45) is 11.0 Å². The highest BCUT2D eigenvalue weighted by Crippen LogP contribution is 2.27. The summed E-state index contributed by atoms with van der Waals surface area (Å²) in [5, 5.41) is 12.0. The highest BCUT2D eigenvalue weighted by atomic mass is 35.5. The third kappa shape index (κ3) is 2.88. The van der Waals surface area contributed by atoms with Crippen LogP contribution in [-0.4, -0.2) is 29.2 Å². The molecule has 22 heavy (non-hydrogen) atoms. The van der Waals surface area contributed by atoms with E-state index < -0.39 is 0 Å². The van der Waals surface area contributed by atoms with Crippen LogP contribution < -0.4 is 4.90 Å². The normalized spacial score (nSPS) is 17.6. The molecule has 9 heteroatoms. The molecule has 2 aromatic rings. The van der Waals surface area contributed by atoms with Gasteiger partial charge in [0.1, 0.15) is 0 Å². The summed E-state index contributed by atoms with van der Waals surface area (Å²) in [4.78, 5) is 16.1. The van der Waals surface area contributed by atoms with Gasteiger partial charge in [-0.15, -0.1) is 5.10 Å². The van der Waals surface area contributed by atoms with Crippen LogP contribution in [0.2, 0.25) is 5.02 Å². The summed E-state index contributed by atoms with van der Waals surface area (Å²) >= 11 is 5.83. The number of halogens is 1. The van der Waals surface area contributed by atoms with Crippen molar-refractivity contribution < 1.29 is 9.21 Å². The third-order valence-corrected chi connectivity index (χ3v) is 3.60. The molecular formula is C13H11ClN6O2. The summed E-state index contributed by atoms with van der Waals surface area (Å²) in [5.41, 5.74) is 9.06. The second-order valence-corrected chi connectivity index (χ2v) is 5.32. The first-order valence-corrected chi connectivity index (χ1v) is 6.96. The van der Waals surface area contributed by atoms with E-state index in [1.807, 2.05) is 0 Å². The van der Waals surface area contributed by atoms with Gasteiger partial charge in [0.05, 0.1) is 0 Å². The molecule has 0 radical (unpaired) electrons. The summed E-state index contributed by atoms with van der Waals surface area (Å²) in [7, 11) is 0. The summed E-state index contributed by atoms with van der Waals surface area (Å²) in [6, 6.07) is 7.11. The summed E-state index contributed by atoms with van der Waals surface area (Å²) in [6.07, 6.45) is 0.303. The van der Waals surface area contributed by atoms with Gasteiger partial charge in [0, 0.05) is 35.0 Å². The van der Waals surface area contributed by atoms with Crippen LogP contribution in [0, 0.1) is 5.92 Å². The standard InChI is InChI=1S/C13H11ClN6O2/c14-10-3-1-9(2-4-10)12-17-18-13(22-12)20-7-8(5-11(20)21)6-16-19-15/h1-4,8H,5-7H2. The molecule has 1 aliphatic heterocycles. The van der Waals surface area contributed by atoms with Crippen molar-refractivity contribution in [2.75, 3.05) is 18.0 Å². The number of amides is 1. The predicted molar refractivity (Wildman–Crippen MR) is 79.2 cm³/mol. The molecule has 8 nitrogen and oxygen atoms in total. The van der Waals surface area contributed by atoms with Crippen LogP contribution in [-0.2, 0) is 4.79 Å². The van der Waals surface area contributed by atoms with Crippen LogP contribution in [0.25, 0.3) is 21.9 Å². The Kier molecular flexibility index (Phi) is 3.95. The number of anilines is 1. The van der Waals surface area contributed by atoms with E-state index in [0.717, 1.165) is 5.56 Å². The first-order chi connectivity index (χ1) is 10.7. The quantitative estimate of drug-likeness (QED) is 0.490. The molecule has 1 saturated heterocycles. The molecule has 1 aromatic heterocycles. The number of benzene rings is 1. The Bertz CT molecular complexity index is 737. The Morgan fingerprint density at radius 1 is 1.41 bits per heavy atom. The van der Waals surface area contributed by atoms with Crippen LogP contribution in [0.5, 0.6) is 0 Å². The largest absolute Gasteiger partial charge is 0.403 e. The van der Waals surface area contributed by atoms with Crippen LogP contribution in [0.15, 0.2) is 33.8 Å². The van der Waals surface area contributed by atoms with Crippen molar-refractivity contribution in [3.8, 4) is 11.5 Å². The number of aromatic nitrogens is 2. The van der Waals surface area contributed by atoms with Gasteiger partial charge in [0.15, 0.2) is 0 Å². The highest BCUT2D eigenvalue weighted by Gasteiger charge is 2.33. The molecule has 1 unspecified atom stereocenters. The fourth-order valence-electron chi connectivity index (χ4n) is 2.27. The molecule has 0 bridgehead atoms. The highest BCUT2D eigenvalue weighted by molar-refractivity contribution is 6.30. The SMILES string of the molecule is [N-]=[N+]=NCC1CC(=O)N(c2nnc(-c3ccc(Cl)cc3)o2)C1. The van der Waals surface area contributed by atoms with Crippen molar-refractivity contribution >= 4 is 23.5 Å². The molecule has 1 fully saturated rings. The van der Waals surface area contributed by atoms with Crippen LogP contribution in [0.1, 0.15) is 6.42 Å². The van der Waals surface area contributed by atoms with Gasteiger partial charge >= 0.3 is 6.01 Å². The molecule has 2 heterocycles. The maximum atomic E-state index is 12.0. The van der Waals surface area contributed by atoms with Gasteiger partial charge in [-0.3, -0.25) is 9.69 Å². The Morgan fingerprint density at radius 2 is 2.18 bits per heavy atom. The molecule has 1 aliphatic rings. The lowest BCUT2D eigenvalue weighted by molar-refractivity contribution is -0.117. The maximum Gasteiger partial charge on any atom is 0.325 e. The third-order valence-electron chi connectivity index (χ3n) is 3.34. The average molecular weight is 319 g/mol. The molecule has 1 amide bonds. The smallest absolute Gasteiger partial charge is 0.325 e. The Labute approximate surface area is 130 Å². The Morgan fingerprint density at radius 3 is 2.91 bits per heavy atom. The van der Waals surface area contributed by atoms with Crippen molar-refractivity contribution in [1.29, 1.82) is 0 Å². The molecular weight excluding hydrogens is 308 g/mol. The van der Waals surface area contributed by atoms with Gasteiger partial charge in [-0.1, -0.05) is 21.8 Å². The minimum Gasteiger partial charge on any atom is -0.403 e. The molecule has 0 saturated carbocycles. The minimum absolute atomic E-state index is 0.0331. The van der Waals surface area contributed by atoms with Crippen molar-refractivity contribution in [3.05, 3.63) is 39.7 Å². The number of nitrogens with zero attached hydrogens (tertiary/aromatic N) is 6. The van der Waals surface area contributed by atoms with E-state index in [2.05, 4.69) is 20.2 Å². The van der Waals surface area contributed by atoms with E-state index in [1.54, 1.807) is 24.3 Å². The van der Waals surface area contributed by atoms with E-state index >= 15 is 0 Å². The first kappa shape index (κ1) is 14.4.